The van der Waals surface area contributed by atoms with Gasteiger partial charge >= 0.3 is 6.18 Å². The van der Waals surface area contributed by atoms with Crippen LogP contribution in [0.25, 0.3) is 0 Å². The molecule has 0 aromatic carbocycles. The van der Waals surface area contributed by atoms with Crippen LogP contribution in [0.3, 0.4) is 0 Å². The van der Waals surface area contributed by atoms with Crippen LogP contribution >= 0.6 is 7.14 Å². The molecule has 0 saturated carbocycles. The van der Waals surface area contributed by atoms with E-state index in [1.54, 1.807) is 0 Å². The Bertz CT molecular complexity index is 151. The number of halogens is 3. The highest BCUT2D eigenvalue weighted by Crippen LogP contribution is 2.45. The van der Waals surface area contributed by atoms with Gasteiger partial charge in [0.25, 0.3) is 0 Å². The average molecular weight is 174 g/mol. The van der Waals surface area contributed by atoms with Gasteiger partial charge in [0.15, 0.2) is 0 Å². The molecule has 0 spiro atoms. The molecule has 0 heterocycles. The van der Waals surface area contributed by atoms with E-state index < -0.39 is 19.5 Å². The van der Waals surface area contributed by atoms with Gasteiger partial charge < -0.3 is 4.57 Å². The zero-order valence-corrected chi connectivity index (χ0v) is 6.80. The minimum absolute atomic E-state index is 0.118. The first-order chi connectivity index (χ1) is 4.27. The van der Waals surface area contributed by atoms with E-state index in [0.29, 0.717) is 0 Å². The molecule has 0 aromatic rings. The lowest BCUT2D eigenvalue weighted by Gasteiger charge is -2.12. The SMILES string of the molecule is CCP(C)(=O)CC(F)(F)F. The third-order valence-electron chi connectivity index (χ3n) is 1.18. The van der Waals surface area contributed by atoms with Crippen LogP contribution in [0.4, 0.5) is 13.2 Å². The average Bonchev–Trinajstić information content (AvgIpc) is 1.60. The van der Waals surface area contributed by atoms with Gasteiger partial charge in [-0.15, -0.1) is 0 Å². The van der Waals surface area contributed by atoms with Gasteiger partial charge in [-0.1, -0.05) is 6.92 Å². The van der Waals surface area contributed by atoms with E-state index in [0.717, 1.165) is 0 Å². The lowest BCUT2D eigenvalue weighted by atomic mass is 10.8. The smallest absolute Gasteiger partial charge is 0.324 e. The molecule has 0 saturated heterocycles. The molecule has 1 nitrogen and oxygen atoms in total. The molecule has 1 atom stereocenters. The molecule has 0 rings (SSSR count). The Hall–Kier alpha value is 0.0200. The summed E-state index contributed by atoms with van der Waals surface area (Å²) in [5.41, 5.74) is 0. The lowest BCUT2D eigenvalue weighted by molar-refractivity contribution is -0.106. The van der Waals surface area contributed by atoms with Crippen molar-refractivity contribution in [2.24, 2.45) is 0 Å². The van der Waals surface area contributed by atoms with Crippen molar-refractivity contribution in [2.45, 2.75) is 13.1 Å². The van der Waals surface area contributed by atoms with Crippen LogP contribution in [-0.4, -0.2) is 25.2 Å². The quantitative estimate of drug-likeness (QED) is 0.588. The maximum atomic E-state index is 11.6. The minimum atomic E-state index is -4.28. The highest BCUT2D eigenvalue weighted by Gasteiger charge is 2.34. The van der Waals surface area contributed by atoms with Gasteiger partial charge in [-0.3, -0.25) is 0 Å². The predicted octanol–water partition coefficient (Wildman–Crippen LogP) is 2.56. The van der Waals surface area contributed by atoms with Crippen molar-refractivity contribution in [2.75, 3.05) is 19.0 Å². The van der Waals surface area contributed by atoms with Crippen LogP contribution in [0, 0.1) is 0 Å². The van der Waals surface area contributed by atoms with E-state index in [2.05, 4.69) is 0 Å². The molecule has 5 heteroatoms. The fourth-order valence-corrected chi connectivity index (χ4v) is 1.47. The molecule has 0 fully saturated rings. The van der Waals surface area contributed by atoms with Gasteiger partial charge in [-0.05, 0) is 12.8 Å². The molecule has 1 unspecified atom stereocenters. The van der Waals surface area contributed by atoms with Crippen molar-refractivity contribution >= 4 is 7.14 Å². The van der Waals surface area contributed by atoms with Crippen LogP contribution in [-0.2, 0) is 4.57 Å². The molecule has 0 radical (unpaired) electrons. The molecule has 10 heavy (non-hydrogen) atoms. The fraction of sp³-hybridized carbons (Fsp3) is 1.00. The second-order valence-corrected chi connectivity index (χ2v) is 5.93. The molecule has 0 aromatic heterocycles. The Morgan fingerprint density at radius 1 is 1.40 bits per heavy atom. The van der Waals surface area contributed by atoms with E-state index in [1.165, 1.54) is 13.6 Å². The summed E-state index contributed by atoms with van der Waals surface area (Å²) in [7, 11) is -2.92. The monoisotopic (exact) mass is 174 g/mol. The third kappa shape index (κ3) is 4.86. The standard InChI is InChI=1S/C5H10F3OP/c1-3-10(2,9)4-5(6,7)8/h3-4H2,1-2H3. The molecule has 0 aliphatic heterocycles. The highest BCUT2D eigenvalue weighted by atomic mass is 31.2. The van der Waals surface area contributed by atoms with Gasteiger partial charge in [0.2, 0.25) is 0 Å². The fourth-order valence-electron chi connectivity index (χ4n) is 0.491. The molecule has 0 aliphatic rings. The summed E-state index contributed by atoms with van der Waals surface area (Å²) in [4.78, 5) is 0. The number of alkyl halides is 3. The molecule has 0 N–H and O–H groups in total. The third-order valence-corrected chi connectivity index (χ3v) is 3.55. The normalized spacial score (nSPS) is 18.5. The molecule has 62 valence electrons. The van der Waals surface area contributed by atoms with E-state index in [4.69, 9.17) is 0 Å². The number of hydrogen-bond donors (Lipinski definition) is 0. The summed E-state index contributed by atoms with van der Waals surface area (Å²) in [6, 6.07) is 0. The first kappa shape index (κ1) is 10.0. The zero-order chi connectivity index (χ0) is 8.41. The summed E-state index contributed by atoms with van der Waals surface area (Å²) in [6.45, 7) is 2.69. The molecule has 0 amide bonds. The summed E-state index contributed by atoms with van der Waals surface area (Å²) in [6.07, 6.45) is -5.29. The van der Waals surface area contributed by atoms with Crippen molar-refractivity contribution in [1.29, 1.82) is 0 Å². The summed E-state index contributed by atoms with van der Waals surface area (Å²) >= 11 is 0. The number of rotatable bonds is 2. The van der Waals surface area contributed by atoms with Crippen LogP contribution in [0.1, 0.15) is 6.92 Å². The van der Waals surface area contributed by atoms with Crippen LogP contribution < -0.4 is 0 Å². The Labute approximate surface area is 58.0 Å². The minimum Gasteiger partial charge on any atom is -0.324 e. The van der Waals surface area contributed by atoms with Crippen molar-refractivity contribution < 1.29 is 17.7 Å². The first-order valence-electron chi connectivity index (χ1n) is 2.89. The molecular formula is C5H10F3OP. The Kier molecular flexibility index (Phi) is 2.96. The van der Waals surface area contributed by atoms with Gasteiger partial charge in [0.05, 0.1) is 13.3 Å². The summed E-state index contributed by atoms with van der Waals surface area (Å²) in [5, 5.41) is 0. The maximum Gasteiger partial charge on any atom is 0.395 e. The van der Waals surface area contributed by atoms with Gasteiger partial charge in [0, 0.05) is 0 Å². The topological polar surface area (TPSA) is 17.1 Å². The molecule has 0 bridgehead atoms. The van der Waals surface area contributed by atoms with E-state index in [1.807, 2.05) is 0 Å². The largest absolute Gasteiger partial charge is 0.395 e. The first-order valence-corrected chi connectivity index (χ1v) is 5.41. The van der Waals surface area contributed by atoms with Crippen LogP contribution in [0.2, 0.25) is 0 Å². The Morgan fingerprint density at radius 2 is 1.80 bits per heavy atom. The maximum absolute atomic E-state index is 11.6. The Morgan fingerprint density at radius 3 is 1.90 bits per heavy atom. The van der Waals surface area contributed by atoms with Gasteiger partial charge in [0.1, 0.15) is 0 Å². The van der Waals surface area contributed by atoms with Gasteiger partial charge in [-0.25, -0.2) is 0 Å². The summed E-state index contributed by atoms with van der Waals surface area (Å²) < 4.78 is 45.6. The van der Waals surface area contributed by atoms with Crippen molar-refractivity contribution in [1.82, 2.24) is 0 Å². The zero-order valence-electron chi connectivity index (χ0n) is 5.90. The molecule has 0 aliphatic carbocycles. The van der Waals surface area contributed by atoms with Crippen molar-refractivity contribution in [3.8, 4) is 0 Å². The van der Waals surface area contributed by atoms with Gasteiger partial charge in [-0.2, -0.15) is 13.2 Å². The van der Waals surface area contributed by atoms with Crippen molar-refractivity contribution in [3.05, 3.63) is 0 Å². The summed E-state index contributed by atoms with van der Waals surface area (Å²) in [5.74, 6) is 0. The van der Waals surface area contributed by atoms with Crippen molar-refractivity contribution in [3.63, 3.8) is 0 Å². The number of hydrogen-bond acceptors (Lipinski definition) is 1. The highest BCUT2D eigenvalue weighted by molar-refractivity contribution is 7.63. The molecular weight excluding hydrogens is 164 g/mol. The van der Waals surface area contributed by atoms with E-state index in [-0.39, 0.29) is 6.16 Å². The predicted molar refractivity (Wildman–Crippen MR) is 35.0 cm³/mol. The second kappa shape index (κ2) is 2.95. The van der Waals surface area contributed by atoms with Crippen LogP contribution in [0.5, 0.6) is 0 Å². The van der Waals surface area contributed by atoms with E-state index >= 15 is 0 Å². The Balaban J connectivity index is 4.03. The second-order valence-electron chi connectivity index (χ2n) is 2.39. The lowest BCUT2D eigenvalue weighted by Crippen LogP contribution is -2.14. The van der Waals surface area contributed by atoms with Crippen LogP contribution in [0.15, 0.2) is 0 Å². The van der Waals surface area contributed by atoms with E-state index in [9.17, 15) is 17.7 Å².